The molecule has 0 amide bonds. The second kappa shape index (κ2) is 4.78. The maximum Gasteiger partial charge on any atom is 0.192 e. The van der Waals surface area contributed by atoms with Crippen LogP contribution in [0.4, 0.5) is 0 Å². The number of ketones is 1. The van der Waals surface area contributed by atoms with Gasteiger partial charge in [-0.3, -0.25) is 9.48 Å². The average Bonchev–Trinajstić information content (AvgIpc) is 2.88. The lowest BCUT2D eigenvalue weighted by Gasteiger charge is -1.93. The summed E-state index contributed by atoms with van der Waals surface area (Å²) in [7, 11) is 1.64. The van der Waals surface area contributed by atoms with Gasteiger partial charge in [-0.05, 0) is 5.21 Å². The number of rotatable bonds is 5. The molecular weight excluding hydrogens is 224 g/mol. The van der Waals surface area contributed by atoms with Crippen molar-refractivity contribution in [1.82, 2.24) is 35.2 Å². The fourth-order valence-electron chi connectivity index (χ4n) is 1.30. The van der Waals surface area contributed by atoms with Gasteiger partial charge in [-0.25, -0.2) is 0 Å². The molecule has 0 fully saturated rings. The molecule has 0 aromatic carbocycles. The van der Waals surface area contributed by atoms with Crippen LogP contribution < -0.4 is 5.73 Å². The van der Waals surface area contributed by atoms with E-state index in [2.05, 4.69) is 25.7 Å². The van der Waals surface area contributed by atoms with Gasteiger partial charge in [0.1, 0.15) is 5.69 Å². The van der Waals surface area contributed by atoms with Gasteiger partial charge in [0.05, 0.1) is 26.2 Å². The van der Waals surface area contributed by atoms with Gasteiger partial charge in [-0.2, -0.15) is 4.80 Å². The molecule has 0 spiro atoms. The van der Waals surface area contributed by atoms with E-state index in [0.29, 0.717) is 18.9 Å². The Morgan fingerprint density at radius 2 is 2.24 bits per heavy atom. The molecule has 0 aliphatic heterocycles. The lowest BCUT2D eigenvalue weighted by Crippen LogP contribution is -2.10. The predicted molar refractivity (Wildman–Crippen MR) is 55.9 cm³/mol. The number of nitrogens with two attached hydrogens (primary N) is 1. The van der Waals surface area contributed by atoms with E-state index >= 15 is 0 Å². The molecule has 17 heavy (non-hydrogen) atoms. The molecule has 2 aromatic heterocycles. The fourth-order valence-corrected chi connectivity index (χ4v) is 1.30. The van der Waals surface area contributed by atoms with Crippen LogP contribution in [-0.4, -0.2) is 47.5 Å². The van der Waals surface area contributed by atoms with Crippen molar-refractivity contribution >= 4 is 5.78 Å². The largest absolute Gasteiger partial charge is 0.329 e. The summed E-state index contributed by atoms with van der Waals surface area (Å²) in [4.78, 5) is 13.1. The Morgan fingerprint density at radius 3 is 2.88 bits per heavy atom. The Morgan fingerprint density at radius 1 is 1.41 bits per heavy atom. The number of aromatic nitrogens is 7. The molecule has 9 heteroatoms. The number of carbonyl (C=O) groups is 1. The van der Waals surface area contributed by atoms with Crippen molar-refractivity contribution in [3.05, 3.63) is 17.7 Å². The molecule has 0 aliphatic rings. The monoisotopic (exact) mass is 236 g/mol. The van der Waals surface area contributed by atoms with E-state index in [-0.39, 0.29) is 17.9 Å². The second-order valence-electron chi connectivity index (χ2n) is 3.45. The molecular formula is C8H12N8O. The minimum absolute atomic E-state index is 0.0646. The lowest BCUT2D eigenvalue weighted by molar-refractivity contribution is 0.0986. The second-order valence-corrected chi connectivity index (χ2v) is 3.45. The van der Waals surface area contributed by atoms with Crippen LogP contribution in [0.2, 0.25) is 0 Å². The highest BCUT2D eigenvalue weighted by molar-refractivity contribution is 5.94. The number of nitrogens with zero attached hydrogens (tertiary/aromatic N) is 7. The van der Waals surface area contributed by atoms with E-state index in [1.54, 1.807) is 13.2 Å². The summed E-state index contributed by atoms with van der Waals surface area (Å²) in [5.41, 5.74) is 5.65. The summed E-state index contributed by atoms with van der Waals surface area (Å²) < 4.78 is 1.53. The van der Waals surface area contributed by atoms with Crippen LogP contribution in [0.25, 0.3) is 0 Å². The molecule has 2 aromatic rings. The fraction of sp³-hybridized carbons (Fsp3) is 0.500. The maximum absolute atomic E-state index is 11.8. The van der Waals surface area contributed by atoms with Crippen LogP contribution in [0.3, 0.4) is 0 Å². The van der Waals surface area contributed by atoms with Gasteiger partial charge in [-0.1, -0.05) is 5.21 Å². The van der Waals surface area contributed by atoms with Crippen molar-refractivity contribution in [2.75, 3.05) is 6.54 Å². The third-order valence-corrected chi connectivity index (χ3v) is 2.05. The Kier molecular flexibility index (Phi) is 3.19. The molecule has 0 atom stereocenters. The van der Waals surface area contributed by atoms with Crippen molar-refractivity contribution in [2.24, 2.45) is 12.8 Å². The standard InChI is InChI=1S/C8H12N8O/c1-15-12-8(11-13-15)4-7(17)6-5-16(3-2-9)14-10-6/h5H,2-4,9H2,1H3. The number of hydrogen-bond acceptors (Lipinski definition) is 7. The third kappa shape index (κ3) is 2.69. The van der Waals surface area contributed by atoms with Crippen molar-refractivity contribution in [3.63, 3.8) is 0 Å². The number of tetrazole rings is 1. The highest BCUT2D eigenvalue weighted by Crippen LogP contribution is 1.99. The number of hydrogen-bond donors (Lipinski definition) is 1. The Bertz CT molecular complexity index is 515. The molecule has 0 saturated heterocycles. The van der Waals surface area contributed by atoms with E-state index in [1.165, 1.54) is 9.48 Å². The topological polar surface area (TPSA) is 117 Å². The number of carbonyl (C=O) groups excluding carboxylic acids is 1. The summed E-state index contributed by atoms with van der Waals surface area (Å²) in [5, 5.41) is 18.8. The molecule has 0 bridgehead atoms. The first-order chi connectivity index (χ1) is 8.19. The summed E-state index contributed by atoms with van der Waals surface area (Å²) >= 11 is 0. The minimum atomic E-state index is -0.193. The van der Waals surface area contributed by atoms with Crippen molar-refractivity contribution in [1.29, 1.82) is 0 Å². The molecule has 2 heterocycles. The van der Waals surface area contributed by atoms with Crippen LogP contribution in [0.5, 0.6) is 0 Å². The zero-order valence-electron chi connectivity index (χ0n) is 9.31. The molecule has 9 nitrogen and oxygen atoms in total. The van der Waals surface area contributed by atoms with Gasteiger partial charge in [0.15, 0.2) is 11.6 Å². The predicted octanol–water partition coefficient (Wildman–Crippen LogP) is -1.81. The highest BCUT2D eigenvalue weighted by Gasteiger charge is 2.14. The summed E-state index contributed by atoms with van der Waals surface area (Å²) in [6, 6.07) is 0. The summed E-state index contributed by atoms with van der Waals surface area (Å²) in [6.07, 6.45) is 1.63. The van der Waals surface area contributed by atoms with Gasteiger partial charge in [-0.15, -0.1) is 15.3 Å². The summed E-state index contributed by atoms with van der Waals surface area (Å²) in [5.74, 6) is 0.173. The molecule has 0 radical (unpaired) electrons. The molecule has 0 unspecified atom stereocenters. The Labute approximate surface area is 96.6 Å². The van der Waals surface area contributed by atoms with Crippen molar-refractivity contribution in [3.8, 4) is 0 Å². The van der Waals surface area contributed by atoms with E-state index < -0.39 is 0 Å². The van der Waals surface area contributed by atoms with Crippen LogP contribution >= 0.6 is 0 Å². The van der Waals surface area contributed by atoms with E-state index in [9.17, 15) is 4.79 Å². The normalized spacial score (nSPS) is 10.7. The number of Topliss-reactive ketones (excluding diaryl/α,β-unsaturated/α-hetero) is 1. The van der Waals surface area contributed by atoms with Gasteiger partial charge in [0.25, 0.3) is 0 Å². The lowest BCUT2D eigenvalue weighted by atomic mass is 10.2. The van der Waals surface area contributed by atoms with Gasteiger partial charge in [0, 0.05) is 6.54 Å². The van der Waals surface area contributed by atoms with Gasteiger partial charge < -0.3 is 5.73 Å². The summed E-state index contributed by atoms with van der Waals surface area (Å²) in [6.45, 7) is 0.979. The van der Waals surface area contributed by atoms with Crippen molar-refractivity contribution in [2.45, 2.75) is 13.0 Å². The molecule has 2 rings (SSSR count). The molecule has 90 valence electrons. The van der Waals surface area contributed by atoms with Crippen LogP contribution in [-0.2, 0) is 20.0 Å². The first-order valence-corrected chi connectivity index (χ1v) is 5.05. The molecule has 0 aliphatic carbocycles. The van der Waals surface area contributed by atoms with Crippen LogP contribution in [0, 0.1) is 0 Å². The smallest absolute Gasteiger partial charge is 0.192 e. The van der Waals surface area contributed by atoms with Gasteiger partial charge in [0.2, 0.25) is 0 Å². The SMILES string of the molecule is Cn1nnc(CC(=O)c2cn(CCN)nn2)n1. The quantitative estimate of drug-likeness (QED) is 0.607. The van der Waals surface area contributed by atoms with E-state index in [0.717, 1.165) is 0 Å². The van der Waals surface area contributed by atoms with Crippen LogP contribution in [0.1, 0.15) is 16.3 Å². The molecule has 2 N–H and O–H groups in total. The third-order valence-electron chi connectivity index (χ3n) is 2.05. The van der Waals surface area contributed by atoms with E-state index in [4.69, 9.17) is 5.73 Å². The highest BCUT2D eigenvalue weighted by atomic mass is 16.1. The molecule has 0 saturated carbocycles. The first kappa shape index (κ1) is 11.3. The maximum atomic E-state index is 11.8. The van der Waals surface area contributed by atoms with Gasteiger partial charge >= 0.3 is 0 Å². The Balaban J connectivity index is 2.03. The minimum Gasteiger partial charge on any atom is -0.329 e. The average molecular weight is 236 g/mol. The first-order valence-electron chi connectivity index (χ1n) is 5.05. The zero-order valence-corrected chi connectivity index (χ0v) is 9.31. The number of aryl methyl sites for hydroxylation is 1. The van der Waals surface area contributed by atoms with Crippen molar-refractivity contribution < 1.29 is 4.79 Å². The van der Waals surface area contributed by atoms with Crippen LogP contribution in [0.15, 0.2) is 6.20 Å². The Hall–Kier alpha value is -2.16. The zero-order chi connectivity index (χ0) is 12.3. The van der Waals surface area contributed by atoms with E-state index in [1.807, 2.05) is 0 Å².